The highest BCUT2D eigenvalue weighted by atomic mass is 19.1. The Kier molecular flexibility index (Phi) is 4.15. The molecule has 0 fully saturated rings. The van der Waals surface area contributed by atoms with Crippen molar-refractivity contribution in [1.82, 2.24) is 10.3 Å². The van der Waals surface area contributed by atoms with E-state index >= 15 is 0 Å². The minimum atomic E-state index is -0.814. The van der Waals surface area contributed by atoms with E-state index in [1.54, 1.807) is 12.4 Å². The van der Waals surface area contributed by atoms with E-state index in [0.29, 0.717) is 18.7 Å². The quantitative estimate of drug-likeness (QED) is 0.663. The number of nitrogens with zero attached hydrogens (tertiary/aromatic N) is 2. The lowest BCUT2D eigenvalue weighted by Gasteiger charge is -2.05. The fourth-order valence-corrected chi connectivity index (χ4v) is 1.66. The van der Waals surface area contributed by atoms with Crippen LogP contribution in [-0.4, -0.2) is 9.91 Å². The summed E-state index contributed by atoms with van der Waals surface area (Å²) in [5, 5.41) is 13.6. The molecule has 2 aromatic rings. The van der Waals surface area contributed by atoms with E-state index in [0.717, 1.165) is 5.56 Å². The number of rotatable bonds is 5. The van der Waals surface area contributed by atoms with Crippen LogP contribution >= 0.6 is 0 Å². The second-order valence-electron chi connectivity index (χ2n) is 4.01. The summed E-state index contributed by atoms with van der Waals surface area (Å²) < 4.78 is 13.4. The number of pyridine rings is 1. The van der Waals surface area contributed by atoms with Gasteiger partial charge in [-0.15, -0.1) is 0 Å². The molecule has 5 nitrogen and oxygen atoms in total. The van der Waals surface area contributed by atoms with E-state index < -0.39 is 16.4 Å². The summed E-state index contributed by atoms with van der Waals surface area (Å²) in [7, 11) is 0. The molecular formula is C13H12FN3O2. The molecular weight excluding hydrogens is 249 g/mol. The summed E-state index contributed by atoms with van der Waals surface area (Å²) in [5.74, 6) is -0.814. The molecule has 6 heteroatoms. The van der Waals surface area contributed by atoms with Gasteiger partial charge >= 0.3 is 5.69 Å². The largest absolute Gasteiger partial charge is 0.309 e. The number of nitro groups is 1. The molecule has 0 unspecified atom stereocenters. The first-order valence-electron chi connectivity index (χ1n) is 5.69. The molecule has 0 amide bonds. The van der Waals surface area contributed by atoms with Gasteiger partial charge in [0.15, 0.2) is 0 Å². The molecule has 1 heterocycles. The van der Waals surface area contributed by atoms with Crippen LogP contribution < -0.4 is 5.32 Å². The third kappa shape index (κ3) is 3.56. The van der Waals surface area contributed by atoms with Crippen molar-refractivity contribution in [1.29, 1.82) is 0 Å². The Labute approximate surface area is 109 Å². The molecule has 0 saturated heterocycles. The summed E-state index contributed by atoms with van der Waals surface area (Å²) in [6, 6.07) is 7.65. The zero-order chi connectivity index (χ0) is 13.7. The normalized spacial score (nSPS) is 10.4. The van der Waals surface area contributed by atoms with Crippen LogP contribution in [0.4, 0.5) is 10.1 Å². The molecule has 98 valence electrons. The Morgan fingerprint density at radius 1 is 1.26 bits per heavy atom. The number of halogens is 1. The first-order chi connectivity index (χ1) is 9.16. The molecule has 0 aliphatic heterocycles. The zero-order valence-corrected chi connectivity index (χ0v) is 10.0. The van der Waals surface area contributed by atoms with E-state index in [4.69, 9.17) is 0 Å². The van der Waals surface area contributed by atoms with Gasteiger partial charge < -0.3 is 5.32 Å². The smallest absolute Gasteiger partial charge is 0.304 e. The Hall–Kier alpha value is -2.34. The van der Waals surface area contributed by atoms with Gasteiger partial charge in [0.25, 0.3) is 0 Å². The Bertz CT molecular complexity index is 575. The van der Waals surface area contributed by atoms with Gasteiger partial charge in [-0.3, -0.25) is 15.1 Å². The van der Waals surface area contributed by atoms with Gasteiger partial charge in [-0.1, -0.05) is 12.1 Å². The van der Waals surface area contributed by atoms with Crippen molar-refractivity contribution in [2.75, 3.05) is 0 Å². The number of hydrogen-bond acceptors (Lipinski definition) is 4. The number of benzene rings is 1. The molecule has 1 aromatic heterocycles. The summed E-state index contributed by atoms with van der Waals surface area (Å²) in [6.45, 7) is 1.04. The summed E-state index contributed by atoms with van der Waals surface area (Å²) in [4.78, 5) is 13.7. The van der Waals surface area contributed by atoms with E-state index in [-0.39, 0.29) is 0 Å². The van der Waals surface area contributed by atoms with Crippen LogP contribution in [0.1, 0.15) is 11.1 Å². The van der Waals surface area contributed by atoms with E-state index in [1.807, 2.05) is 12.1 Å². The lowest BCUT2D eigenvalue weighted by molar-refractivity contribution is -0.387. The molecule has 0 bridgehead atoms. The fourth-order valence-electron chi connectivity index (χ4n) is 1.66. The standard InChI is InChI=1S/C13H12FN3O2/c14-12-6-10(3-4-13(12)17(18)19)7-16-9-11-2-1-5-15-8-11/h1-6,8,16H,7,9H2. The molecule has 0 saturated carbocycles. The van der Waals surface area contributed by atoms with Crippen LogP contribution in [0.25, 0.3) is 0 Å². The minimum Gasteiger partial charge on any atom is -0.309 e. The predicted octanol–water partition coefficient (Wildman–Crippen LogP) is 2.42. The van der Waals surface area contributed by atoms with E-state index in [2.05, 4.69) is 10.3 Å². The van der Waals surface area contributed by atoms with Crippen molar-refractivity contribution < 1.29 is 9.31 Å². The maximum Gasteiger partial charge on any atom is 0.304 e. The van der Waals surface area contributed by atoms with Crippen molar-refractivity contribution in [2.45, 2.75) is 13.1 Å². The molecule has 2 rings (SSSR count). The number of hydrogen-bond donors (Lipinski definition) is 1. The van der Waals surface area contributed by atoms with Gasteiger partial charge in [0.1, 0.15) is 0 Å². The Balaban J connectivity index is 1.93. The highest BCUT2D eigenvalue weighted by Crippen LogP contribution is 2.17. The van der Waals surface area contributed by atoms with E-state index in [1.165, 1.54) is 18.2 Å². The third-order valence-corrected chi connectivity index (χ3v) is 2.59. The van der Waals surface area contributed by atoms with Gasteiger partial charge in [-0.25, -0.2) is 0 Å². The van der Waals surface area contributed by atoms with Crippen LogP contribution in [0.2, 0.25) is 0 Å². The molecule has 0 spiro atoms. The average molecular weight is 261 g/mol. The van der Waals surface area contributed by atoms with Crippen LogP contribution in [0.3, 0.4) is 0 Å². The minimum absolute atomic E-state index is 0.434. The zero-order valence-electron chi connectivity index (χ0n) is 10.0. The predicted molar refractivity (Wildman–Crippen MR) is 67.8 cm³/mol. The topological polar surface area (TPSA) is 68.1 Å². The van der Waals surface area contributed by atoms with Gasteiger partial charge in [0.2, 0.25) is 5.82 Å². The highest BCUT2D eigenvalue weighted by Gasteiger charge is 2.13. The summed E-state index contributed by atoms with van der Waals surface area (Å²) in [6.07, 6.45) is 3.43. The van der Waals surface area contributed by atoms with Crippen molar-refractivity contribution >= 4 is 5.69 Å². The van der Waals surface area contributed by atoms with Crippen LogP contribution in [0.5, 0.6) is 0 Å². The van der Waals surface area contributed by atoms with Crippen molar-refractivity contribution in [3.63, 3.8) is 0 Å². The number of nitro benzene ring substituents is 1. The summed E-state index contributed by atoms with van der Waals surface area (Å²) in [5.41, 5.74) is 1.17. The average Bonchev–Trinajstić information content (AvgIpc) is 2.39. The molecule has 0 radical (unpaired) electrons. The van der Waals surface area contributed by atoms with Gasteiger partial charge in [0, 0.05) is 31.5 Å². The maximum absolute atomic E-state index is 13.4. The fraction of sp³-hybridized carbons (Fsp3) is 0.154. The van der Waals surface area contributed by atoms with Crippen LogP contribution in [-0.2, 0) is 13.1 Å². The van der Waals surface area contributed by atoms with Crippen molar-refractivity contribution in [2.24, 2.45) is 0 Å². The monoisotopic (exact) mass is 261 g/mol. The summed E-state index contributed by atoms with van der Waals surface area (Å²) >= 11 is 0. The molecule has 0 aliphatic rings. The molecule has 1 N–H and O–H groups in total. The van der Waals surface area contributed by atoms with Gasteiger partial charge in [0.05, 0.1) is 4.92 Å². The van der Waals surface area contributed by atoms with Crippen LogP contribution in [0, 0.1) is 15.9 Å². The van der Waals surface area contributed by atoms with Crippen LogP contribution in [0.15, 0.2) is 42.7 Å². The SMILES string of the molecule is O=[N+]([O-])c1ccc(CNCc2cccnc2)cc1F. The molecule has 1 aromatic carbocycles. The van der Waals surface area contributed by atoms with Gasteiger partial charge in [-0.2, -0.15) is 4.39 Å². The maximum atomic E-state index is 13.4. The van der Waals surface area contributed by atoms with E-state index in [9.17, 15) is 14.5 Å². The second kappa shape index (κ2) is 6.01. The second-order valence-corrected chi connectivity index (χ2v) is 4.01. The lowest BCUT2D eigenvalue weighted by Crippen LogP contribution is -2.13. The van der Waals surface area contributed by atoms with Crippen molar-refractivity contribution in [3.05, 3.63) is 69.8 Å². The highest BCUT2D eigenvalue weighted by molar-refractivity contribution is 5.34. The Morgan fingerprint density at radius 3 is 2.68 bits per heavy atom. The Morgan fingerprint density at radius 2 is 2.05 bits per heavy atom. The lowest BCUT2D eigenvalue weighted by atomic mass is 10.2. The number of aromatic nitrogens is 1. The third-order valence-electron chi connectivity index (χ3n) is 2.59. The van der Waals surface area contributed by atoms with Crippen molar-refractivity contribution in [3.8, 4) is 0 Å². The van der Waals surface area contributed by atoms with Gasteiger partial charge in [-0.05, 0) is 23.3 Å². The number of nitrogens with one attached hydrogen (secondary N) is 1. The molecule has 0 atom stereocenters. The first-order valence-corrected chi connectivity index (χ1v) is 5.69. The molecule has 19 heavy (non-hydrogen) atoms. The molecule has 0 aliphatic carbocycles. The first kappa shape index (κ1) is 13.1.